The van der Waals surface area contributed by atoms with Crippen molar-refractivity contribution in [1.29, 1.82) is 0 Å². The lowest BCUT2D eigenvalue weighted by atomic mass is 9.72. The molecule has 0 aliphatic heterocycles. The van der Waals surface area contributed by atoms with Crippen molar-refractivity contribution in [3.8, 4) is 0 Å². The van der Waals surface area contributed by atoms with Gasteiger partial charge in [-0.25, -0.2) is 0 Å². The highest BCUT2D eigenvalue weighted by atomic mass is 35.5. The van der Waals surface area contributed by atoms with Crippen molar-refractivity contribution in [2.24, 2.45) is 0 Å². The fraction of sp³-hybridized carbons (Fsp3) is 0.125. The Morgan fingerprint density at radius 3 is 1.54 bits per heavy atom. The number of benzene rings is 2. The van der Waals surface area contributed by atoms with Crippen LogP contribution in [0.5, 0.6) is 0 Å². The van der Waals surface area contributed by atoms with Gasteiger partial charge in [0.2, 0.25) is 0 Å². The summed E-state index contributed by atoms with van der Waals surface area (Å²) in [5, 5.41) is 23.8. The molecule has 126 valence electrons. The predicted octanol–water partition coefficient (Wildman–Crippen LogP) is 2.48. The number of rotatable bonds is 5. The van der Waals surface area contributed by atoms with Gasteiger partial charge in [-0.3, -0.25) is 0 Å². The minimum absolute atomic E-state index is 0.0259. The first-order valence-corrected chi connectivity index (χ1v) is 8.02. The Bertz CT molecular complexity index is 768. The molecule has 24 heavy (non-hydrogen) atoms. The van der Waals surface area contributed by atoms with Gasteiger partial charge in [-0.05, 0) is 35.4 Å². The summed E-state index contributed by atoms with van der Waals surface area (Å²) in [5.41, 5.74) is -2.22. The highest BCUT2D eigenvalue weighted by molar-refractivity contribution is 6.36. The normalized spacial score (nSPS) is 11.3. The Balaban J connectivity index is 2.87. The van der Waals surface area contributed by atoms with E-state index in [-0.39, 0.29) is 31.2 Å². The standard InChI is InChI=1S/C16H10Cl4O4/c17-8-1-3-10(12(19)5-8)16(15(23)24,7-14(21)22)11-4-2-9(18)6-13(11)20/h1-6H,7H2,(H,21,22)(H,23,24)/p-2. The van der Waals surface area contributed by atoms with Crippen LogP contribution in [0.25, 0.3) is 0 Å². The molecule has 0 aromatic heterocycles. The number of carboxylic acid groups (broad SMARTS) is 2. The number of carboxylic acids is 2. The molecule has 8 heteroatoms. The highest BCUT2D eigenvalue weighted by Gasteiger charge is 2.39. The second-order valence-electron chi connectivity index (χ2n) is 4.99. The molecule has 2 rings (SSSR count). The molecular formula is C16H8Cl4O4-2. The smallest absolute Gasteiger partial charge is 0.0678 e. The van der Waals surface area contributed by atoms with Crippen LogP contribution in [0.3, 0.4) is 0 Å². The molecule has 0 saturated heterocycles. The number of halogens is 4. The quantitative estimate of drug-likeness (QED) is 0.765. The van der Waals surface area contributed by atoms with Crippen LogP contribution in [0.15, 0.2) is 36.4 Å². The zero-order valence-electron chi connectivity index (χ0n) is 11.8. The van der Waals surface area contributed by atoms with Crippen molar-refractivity contribution in [3.63, 3.8) is 0 Å². The topological polar surface area (TPSA) is 80.3 Å². The third-order valence-corrected chi connectivity index (χ3v) is 4.64. The van der Waals surface area contributed by atoms with Gasteiger partial charge in [0, 0.05) is 32.5 Å². The molecule has 0 spiro atoms. The molecule has 2 aromatic rings. The third-order valence-electron chi connectivity index (χ3n) is 3.54. The number of hydrogen-bond acceptors (Lipinski definition) is 4. The molecule has 4 nitrogen and oxygen atoms in total. The van der Waals surface area contributed by atoms with Gasteiger partial charge in [0.25, 0.3) is 0 Å². The minimum atomic E-state index is -2.16. The van der Waals surface area contributed by atoms with Crippen LogP contribution in [0, 0.1) is 0 Å². The molecule has 0 aliphatic carbocycles. The van der Waals surface area contributed by atoms with Gasteiger partial charge >= 0.3 is 0 Å². The molecule has 0 atom stereocenters. The van der Waals surface area contributed by atoms with Crippen LogP contribution in [-0.4, -0.2) is 11.9 Å². The van der Waals surface area contributed by atoms with E-state index in [0.29, 0.717) is 0 Å². The summed E-state index contributed by atoms with van der Waals surface area (Å²) in [6, 6.07) is 8.01. The Labute approximate surface area is 157 Å². The van der Waals surface area contributed by atoms with Crippen LogP contribution >= 0.6 is 46.4 Å². The number of hydrogen-bond donors (Lipinski definition) is 0. The lowest BCUT2D eigenvalue weighted by molar-refractivity contribution is -0.321. The van der Waals surface area contributed by atoms with Crippen molar-refractivity contribution in [3.05, 3.63) is 67.6 Å². The summed E-state index contributed by atoms with van der Waals surface area (Å²) >= 11 is 23.9. The monoisotopic (exact) mass is 404 g/mol. The van der Waals surface area contributed by atoms with E-state index in [1.165, 1.54) is 36.4 Å². The molecule has 0 N–H and O–H groups in total. The van der Waals surface area contributed by atoms with Gasteiger partial charge < -0.3 is 19.8 Å². The fourth-order valence-corrected chi connectivity index (χ4v) is 3.65. The Morgan fingerprint density at radius 1 is 0.833 bits per heavy atom. The molecule has 0 saturated carbocycles. The van der Waals surface area contributed by atoms with E-state index in [1.54, 1.807) is 0 Å². The lowest BCUT2D eigenvalue weighted by Crippen LogP contribution is -2.50. The van der Waals surface area contributed by atoms with Gasteiger partial charge in [0.1, 0.15) is 0 Å². The number of carbonyl (C=O) groups excluding carboxylic acids is 2. The van der Waals surface area contributed by atoms with Crippen molar-refractivity contribution in [2.75, 3.05) is 0 Å². The largest absolute Gasteiger partial charge is 0.550 e. The van der Waals surface area contributed by atoms with Crippen LogP contribution in [-0.2, 0) is 15.0 Å². The summed E-state index contributed by atoms with van der Waals surface area (Å²) in [7, 11) is 0. The molecule has 0 amide bonds. The van der Waals surface area contributed by atoms with E-state index in [4.69, 9.17) is 46.4 Å². The van der Waals surface area contributed by atoms with Crippen molar-refractivity contribution < 1.29 is 19.8 Å². The van der Waals surface area contributed by atoms with Crippen LogP contribution in [0.1, 0.15) is 17.5 Å². The summed E-state index contributed by atoms with van der Waals surface area (Å²) in [4.78, 5) is 23.3. The zero-order chi connectivity index (χ0) is 18.1. The third kappa shape index (κ3) is 3.47. The van der Waals surface area contributed by atoms with Gasteiger partial charge in [0.15, 0.2) is 0 Å². The fourth-order valence-electron chi connectivity index (χ4n) is 2.52. The van der Waals surface area contributed by atoms with E-state index in [9.17, 15) is 19.8 Å². The van der Waals surface area contributed by atoms with Crippen LogP contribution < -0.4 is 10.2 Å². The van der Waals surface area contributed by atoms with E-state index in [0.717, 1.165) is 0 Å². The summed E-state index contributed by atoms with van der Waals surface area (Å²) in [6.45, 7) is 0. The van der Waals surface area contributed by atoms with Crippen LogP contribution in [0.2, 0.25) is 20.1 Å². The van der Waals surface area contributed by atoms with Gasteiger partial charge in [-0.2, -0.15) is 0 Å². The Morgan fingerprint density at radius 2 is 1.25 bits per heavy atom. The number of aliphatic carboxylic acids is 2. The van der Waals surface area contributed by atoms with Gasteiger partial charge in [-0.1, -0.05) is 58.5 Å². The number of carbonyl (C=O) groups is 2. The molecule has 0 aliphatic rings. The first-order valence-electron chi connectivity index (χ1n) is 6.51. The van der Waals surface area contributed by atoms with E-state index >= 15 is 0 Å². The molecule has 0 heterocycles. The Hall–Kier alpha value is -1.46. The minimum Gasteiger partial charge on any atom is -0.550 e. The lowest BCUT2D eigenvalue weighted by Gasteiger charge is -2.37. The predicted molar refractivity (Wildman–Crippen MR) is 88.3 cm³/mol. The first-order chi connectivity index (χ1) is 11.2. The van der Waals surface area contributed by atoms with Crippen molar-refractivity contribution >= 4 is 58.3 Å². The first kappa shape index (κ1) is 18.9. The van der Waals surface area contributed by atoms with E-state index in [2.05, 4.69) is 0 Å². The maximum Gasteiger partial charge on any atom is 0.0678 e. The summed E-state index contributed by atoms with van der Waals surface area (Å²) in [5.74, 6) is -3.31. The molecule has 0 fully saturated rings. The summed E-state index contributed by atoms with van der Waals surface area (Å²) in [6.07, 6.45) is -0.933. The molecule has 2 aromatic carbocycles. The molecular weight excluding hydrogens is 398 g/mol. The average molecular weight is 406 g/mol. The van der Waals surface area contributed by atoms with E-state index < -0.39 is 23.8 Å². The average Bonchev–Trinajstić information content (AvgIpc) is 2.45. The van der Waals surface area contributed by atoms with Gasteiger partial charge in [-0.15, -0.1) is 0 Å². The zero-order valence-corrected chi connectivity index (χ0v) is 14.8. The maximum atomic E-state index is 12.0. The highest BCUT2D eigenvalue weighted by Crippen LogP contribution is 2.43. The SMILES string of the molecule is O=C([O-])CC(C(=O)[O-])(c1ccc(Cl)cc1Cl)c1ccc(Cl)cc1Cl. The van der Waals surface area contributed by atoms with Crippen LogP contribution in [0.4, 0.5) is 0 Å². The second kappa shape index (κ2) is 7.19. The Kier molecular flexibility index (Phi) is 5.66. The molecule has 0 bridgehead atoms. The maximum absolute atomic E-state index is 12.0. The molecule has 0 radical (unpaired) electrons. The van der Waals surface area contributed by atoms with Crippen molar-refractivity contribution in [1.82, 2.24) is 0 Å². The molecule has 0 unspecified atom stereocenters. The van der Waals surface area contributed by atoms with E-state index in [1.807, 2.05) is 0 Å². The second-order valence-corrected chi connectivity index (χ2v) is 6.68. The van der Waals surface area contributed by atoms with Crippen molar-refractivity contribution in [2.45, 2.75) is 11.8 Å². The summed E-state index contributed by atoms with van der Waals surface area (Å²) < 4.78 is 0. The van der Waals surface area contributed by atoms with Gasteiger partial charge in [0.05, 0.1) is 11.4 Å².